The van der Waals surface area contributed by atoms with E-state index >= 15 is 0 Å². The van der Waals surface area contributed by atoms with Gasteiger partial charge in [-0.3, -0.25) is 0 Å². The summed E-state index contributed by atoms with van der Waals surface area (Å²) >= 11 is 1.88. The lowest BCUT2D eigenvalue weighted by Crippen LogP contribution is -1.96. The molecule has 204 valence electrons. The van der Waals surface area contributed by atoms with Crippen molar-refractivity contribution in [3.63, 3.8) is 0 Å². The van der Waals surface area contributed by atoms with Crippen molar-refractivity contribution in [2.75, 3.05) is 0 Å². The van der Waals surface area contributed by atoms with E-state index in [1.165, 1.54) is 80.9 Å². The fraction of sp³-hybridized carbons (Fsp3) is 0. The van der Waals surface area contributed by atoms with Gasteiger partial charge in [0.1, 0.15) is 11.2 Å². The second-order valence-electron chi connectivity index (χ2n) is 11.6. The number of fused-ring (bicyclic) bond motifs is 7. The zero-order valence-corrected chi connectivity index (χ0v) is 24.5. The van der Waals surface area contributed by atoms with E-state index in [1.807, 2.05) is 17.8 Å². The van der Waals surface area contributed by atoms with Gasteiger partial charge in [-0.15, -0.1) is 0 Å². The summed E-state index contributed by atoms with van der Waals surface area (Å²) in [4.78, 5) is 2.64. The Kier molecular flexibility index (Phi) is 5.00. The summed E-state index contributed by atoms with van der Waals surface area (Å²) in [5, 5.41) is 9.98. The highest BCUT2D eigenvalue weighted by atomic mass is 32.2. The van der Waals surface area contributed by atoms with Crippen LogP contribution in [-0.4, -0.2) is 0 Å². The van der Waals surface area contributed by atoms with Crippen molar-refractivity contribution in [2.45, 2.75) is 9.79 Å². The molecule has 2 heterocycles. The van der Waals surface area contributed by atoms with Crippen molar-refractivity contribution in [3.05, 3.63) is 146 Å². The third-order valence-corrected chi connectivity index (χ3v) is 10.4. The van der Waals surface area contributed by atoms with Crippen LogP contribution in [0.4, 0.5) is 0 Å². The second kappa shape index (κ2) is 9.09. The molecule has 0 radical (unpaired) electrons. The summed E-state index contributed by atoms with van der Waals surface area (Å²) in [7, 11) is 0. The summed E-state index contributed by atoms with van der Waals surface area (Å²) in [6, 6.07) is 53.0. The molecule has 9 aromatic rings. The third kappa shape index (κ3) is 3.26. The maximum atomic E-state index is 6.34. The van der Waals surface area contributed by atoms with Gasteiger partial charge in [-0.25, -0.2) is 0 Å². The first-order chi connectivity index (χ1) is 21.8. The Hall–Kier alpha value is -5.31. The molecule has 8 aromatic carbocycles. The Balaban J connectivity index is 1.35. The molecule has 0 unspecified atom stereocenters. The summed E-state index contributed by atoms with van der Waals surface area (Å²) in [5.41, 5.74) is 9.50. The number of benzene rings is 8. The van der Waals surface area contributed by atoms with Crippen LogP contribution < -0.4 is 0 Å². The van der Waals surface area contributed by atoms with Gasteiger partial charge in [0.25, 0.3) is 0 Å². The van der Waals surface area contributed by atoms with Crippen molar-refractivity contribution < 1.29 is 4.42 Å². The minimum atomic E-state index is 0.919. The first-order valence-electron chi connectivity index (χ1n) is 15.0. The molecule has 10 rings (SSSR count). The molecular weight excluding hydrogens is 553 g/mol. The highest BCUT2D eigenvalue weighted by molar-refractivity contribution is 7.99. The lowest BCUT2D eigenvalue weighted by Gasteiger charge is -2.23. The van der Waals surface area contributed by atoms with E-state index in [0.29, 0.717) is 0 Å². The largest absolute Gasteiger partial charge is 0.456 e. The van der Waals surface area contributed by atoms with Crippen molar-refractivity contribution in [3.8, 4) is 33.4 Å². The highest BCUT2D eigenvalue weighted by Crippen LogP contribution is 2.52. The van der Waals surface area contributed by atoms with Crippen LogP contribution in [0, 0.1) is 0 Å². The van der Waals surface area contributed by atoms with Crippen LogP contribution in [0.3, 0.4) is 0 Å². The first-order valence-corrected chi connectivity index (χ1v) is 15.8. The molecule has 44 heavy (non-hydrogen) atoms. The molecule has 0 saturated carbocycles. The van der Waals surface area contributed by atoms with E-state index in [-0.39, 0.29) is 0 Å². The minimum Gasteiger partial charge on any atom is -0.456 e. The fourth-order valence-electron chi connectivity index (χ4n) is 7.49. The van der Waals surface area contributed by atoms with Gasteiger partial charge >= 0.3 is 0 Å². The zero-order valence-electron chi connectivity index (χ0n) is 23.7. The van der Waals surface area contributed by atoms with Crippen LogP contribution in [-0.2, 0) is 0 Å². The Morgan fingerprint density at radius 1 is 0.318 bits per heavy atom. The van der Waals surface area contributed by atoms with Crippen LogP contribution >= 0.6 is 11.8 Å². The van der Waals surface area contributed by atoms with Gasteiger partial charge in [0.05, 0.1) is 0 Å². The van der Waals surface area contributed by atoms with Gasteiger partial charge in [-0.05, 0) is 84.6 Å². The van der Waals surface area contributed by atoms with Gasteiger partial charge in [-0.2, -0.15) is 0 Å². The number of hydrogen-bond donors (Lipinski definition) is 0. The molecule has 0 atom stereocenters. The van der Waals surface area contributed by atoms with E-state index < -0.39 is 0 Å². The Labute approximate surface area is 258 Å². The van der Waals surface area contributed by atoms with Crippen molar-refractivity contribution in [1.82, 2.24) is 0 Å². The normalized spacial score (nSPS) is 12.5. The third-order valence-electron chi connectivity index (χ3n) is 9.27. The first kappa shape index (κ1) is 24.2. The van der Waals surface area contributed by atoms with Crippen molar-refractivity contribution >= 4 is 66.0 Å². The monoisotopic (exact) mass is 576 g/mol. The molecule has 0 fully saturated rings. The van der Waals surface area contributed by atoms with Gasteiger partial charge < -0.3 is 4.42 Å². The average Bonchev–Trinajstić information content (AvgIpc) is 3.47. The maximum absolute atomic E-state index is 6.34. The minimum absolute atomic E-state index is 0.919. The van der Waals surface area contributed by atoms with E-state index in [9.17, 15) is 0 Å². The van der Waals surface area contributed by atoms with Crippen LogP contribution in [0.15, 0.2) is 160 Å². The van der Waals surface area contributed by atoms with Crippen LogP contribution in [0.25, 0.3) is 87.6 Å². The van der Waals surface area contributed by atoms with E-state index in [4.69, 9.17) is 4.42 Å². The van der Waals surface area contributed by atoms with E-state index in [2.05, 4.69) is 140 Å². The van der Waals surface area contributed by atoms with Gasteiger partial charge in [0.15, 0.2) is 0 Å². The molecule has 1 aromatic heterocycles. The lowest BCUT2D eigenvalue weighted by atomic mass is 9.83. The van der Waals surface area contributed by atoms with Crippen LogP contribution in [0.1, 0.15) is 0 Å². The van der Waals surface area contributed by atoms with Crippen LogP contribution in [0.2, 0.25) is 0 Å². The van der Waals surface area contributed by atoms with Crippen molar-refractivity contribution in [1.29, 1.82) is 0 Å². The summed E-state index contributed by atoms with van der Waals surface area (Å²) < 4.78 is 6.34. The molecule has 0 saturated heterocycles. The molecule has 0 aliphatic carbocycles. The molecule has 0 amide bonds. The topological polar surface area (TPSA) is 13.1 Å². The zero-order chi connectivity index (χ0) is 28.8. The van der Waals surface area contributed by atoms with Crippen molar-refractivity contribution in [2.24, 2.45) is 0 Å². The average molecular weight is 577 g/mol. The summed E-state index contributed by atoms with van der Waals surface area (Å²) in [6.45, 7) is 0. The predicted octanol–water partition coefficient (Wildman–Crippen LogP) is 12.5. The Morgan fingerprint density at radius 2 is 0.841 bits per heavy atom. The van der Waals surface area contributed by atoms with Crippen LogP contribution in [0.5, 0.6) is 0 Å². The standard InChI is InChI=1S/C42H24OS/c1-3-14-28-26(12-1)39(32-24-23-31-25-11-6-8-21-37(25)44-38-22-10-17-30(32)42(31)38)27-13-2-4-15-29(27)40(28)34-18-9-20-36-41(34)33-16-5-7-19-35(33)43-36/h1-24H. The highest BCUT2D eigenvalue weighted by Gasteiger charge is 2.24. The van der Waals surface area contributed by atoms with Gasteiger partial charge in [0.2, 0.25) is 0 Å². The SMILES string of the molecule is c1ccc2c(c1)Sc1cccc3c(-c4c5ccccc5c(-c5cccc6oc7ccccc7c56)c5ccccc45)ccc-2c13. The molecule has 1 aliphatic rings. The second-order valence-corrected chi connectivity index (χ2v) is 12.6. The Morgan fingerprint density at radius 3 is 1.61 bits per heavy atom. The lowest BCUT2D eigenvalue weighted by molar-refractivity contribution is 0.669. The quantitative estimate of drug-likeness (QED) is 0.190. The fourth-order valence-corrected chi connectivity index (χ4v) is 8.63. The molecule has 2 heteroatoms. The van der Waals surface area contributed by atoms with E-state index in [1.54, 1.807) is 0 Å². The smallest absolute Gasteiger partial charge is 0.136 e. The number of rotatable bonds is 2. The maximum Gasteiger partial charge on any atom is 0.136 e. The molecule has 0 spiro atoms. The molecule has 0 bridgehead atoms. The van der Waals surface area contributed by atoms with Gasteiger partial charge in [0, 0.05) is 25.9 Å². The van der Waals surface area contributed by atoms with E-state index in [0.717, 1.165) is 16.6 Å². The number of hydrogen-bond acceptors (Lipinski definition) is 2. The number of furan rings is 1. The summed E-state index contributed by atoms with van der Waals surface area (Å²) in [5.74, 6) is 0. The predicted molar refractivity (Wildman–Crippen MR) is 187 cm³/mol. The number of para-hydroxylation sites is 1. The molecule has 1 aliphatic heterocycles. The molecule has 0 N–H and O–H groups in total. The Bertz CT molecular complexity index is 2580. The summed E-state index contributed by atoms with van der Waals surface area (Å²) in [6.07, 6.45) is 0. The van der Waals surface area contributed by atoms with Gasteiger partial charge in [-0.1, -0.05) is 133 Å². The molecular formula is C42H24OS. The molecule has 1 nitrogen and oxygen atoms in total.